The van der Waals surface area contributed by atoms with E-state index in [2.05, 4.69) is 5.32 Å². The van der Waals surface area contributed by atoms with Gasteiger partial charge in [0.1, 0.15) is 0 Å². The molecule has 0 saturated carbocycles. The number of nitrogens with one attached hydrogen (secondary N) is 1. The number of benzene rings is 1. The predicted molar refractivity (Wildman–Crippen MR) is 76.1 cm³/mol. The van der Waals surface area contributed by atoms with E-state index in [0.717, 1.165) is 5.75 Å². The lowest BCUT2D eigenvalue weighted by Crippen LogP contribution is -2.36. The number of thioether (sulfide) groups is 1. The Morgan fingerprint density at radius 2 is 2.24 bits per heavy atom. The molecular weight excluding hydrogens is 279 g/mol. The summed E-state index contributed by atoms with van der Waals surface area (Å²) in [6.45, 7) is 0. The van der Waals surface area contributed by atoms with Crippen molar-refractivity contribution >= 4 is 46.6 Å². The highest BCUT2D eigenvalue weighted by Crippen LogP contribution is 2.25. The Bertz CT molecular complexity index is 401. The molecule has 0 spiro atoms. The van der Waals surface area contributed by atoms with Gasteiger partial charge in [-0.05, 0) is 36.6 Å². The van der Waals surface area contributed by atoms with Crippen molar-refractivity contribution in [1.82, 2.24) is 0 Å². The van der Waals surface area contributed by atoms with Gasteiger partial charge in [-0.15, -0.1) is 0 Å². The van der Waals surface area contributed by atoms with E-state index >= 15 is 0 Å². The molecule has 0 heterocycles. The fourth-order valence-electron chi connectivity index (χ4n) is 1.19. The normalized spacial score (nSPS) is 12.2. The topological polar surface area (TPSA) is 55.1 Å². The third-order valence-electron chi connectivity index (χ3n) is 2.16. The maximum Gasteiger partial charge on any atom is 0.241 e. The third kappa shape index (κ3) is 4.76. The Hall–Kier alpha value is -0.420. The standard InChI is InChI=1S/C11H14Cl2N2OS/c1-17-5-4-9(14)11(16)15-10-3-2-7(12)6-8(10)13/h2-3,6,9H,4-5,14H2,1H3,(H,15,16)/t9-/m1/s1. The van der Waals surface area contributed by atoms with Gasteiger partial charge in [-0.1, -0.05) is 23.2 Å². The lowest BCUT2D eigenvalue weighted by atomic mass is 10.2. The van der Waals surface area contributed by atoms with Gasteiger partial charge < -0.3 is 11.1 Å². The molecule has 1 rings (SSSR count). The van der Waals surface area contributed by atoms with Crippen LogP contribution < -0.4 is 11.1 Å². The van der Waals surface area contributed by atoms with Gasteiger partial charge in [0.25, 0.3) is 0 Å². The summed E-state index contributed by atoms with van der Waals surface area (Å²) in [5.74, 6) is 0.617. The van der Waals surface area contributed by atoms with Crippen molar-refractivity contribution in [2.45, 2.75) is 12.5 Å². The number of carbonyl (C=O) groups excluding carboxylic acids is 1. The van der Waals surface area contributed by atoms with E-state index in [4.69, 9.17) is 28.9 Å². The van der Waals surface area contributed by atoms with Gasteiger partial charge in [-0.2, -0.15) is 11.8 Å². The van der Waals surface area contributed by atoms with Crippen molar-refractivity contribution in [3.63, 3.8) is 0 Å². The maximum absolute atomic E-state index is 11.7. The van der Waals surface area contributed by atoms with E-state index in [0.29, 0.717) is 22.2 Å². The van der Waals surface area contributed by atoms with E-state index in [1.165, 1.54) is 0 Å². The van der Waals surface area contributed by atoms with Crippen molar-refractivity contribution in [2.75, 3.05) is 17.3 Å². The van der Waals surface area contributed by atoms with Gasteiger partial charge in [0.2, 0.25) is 5.91 Å². The van der Waals surface area contributed by atoms with Crippen LogP contribution in [-0.2, 0) is 4.79 Å². The van der Waals surface area contributed by atoms with Gasteiger partial charge >= 0.3 is 0 Å². The van der Waals surface area contributed by atoms with Crippen LogP contribution in [0.25, 0.3) is 0 Å². The first-order chi connectivity index (χ1) is 8.04. The van der Waals surface area contributed by atoms with E-state index in [9.17, 15) is 4.79 Å². The highest BCUT2D eigenvalue weighted by atomic mass is 35.5. The molecule has 3 N–H and O–H groups in total. The number of halogens is 2. The number of hydrogen-bond donors (Lipinski definition) is 2. The lowest BCUT2D eigenvalue weighted by molar-refractivity contribution is -0.117. The fraction of sp³-hybridized carbons (Fsp3) is 0.364. The summed E-state index contributed by atoms with van der Waals surface area (Å²) < 4.78 is 0. The van der Waals surface area contributed by atoms with Crippen molar-refractivity contribution in [3.05, 3.63) is 28.2 Å². The molecule has 0 aliphatic heterocycles. The molecule has 0 aliphatic rings. The zero-order valence-electron chi connectivity index (χ0n) is 9.37. The Morgan fingerprint density at radius 3 is 2.82 bits per heavy atom. The number of anilines is 1. The van der Waals surface area contributed by atoms with Crippen LogP contribution in [0.5, 0.6) is 0 Å². The van der Waals surface area contributed by atoms with Crippen LogP contribution in [0.3, 0.4) is 0 Å². The minimum atomic E-state index is -0.519. The first-order valence-electron chi connectivity index (χ1n) is 5.05. The summed E-state index contributed by atoms with van der Waals surface area (Å²) in [6, 6.07) is 4.38. The third-order valence-corrected chi connectivity index (χ3v) is 3.35. The molecule has 0 aromatic heterocycles. The molecule has 1 aromatic carbocycles. The minimum Gasteiger partial charge on any atom is -0.323 e. The summed E-state index contributed by atoms with van der Waals surface area (Å²) in [5.41, 5.74) is 6.26. The Morgan fingerprint density at radius 1 is 1.53 bits per heavy atom. The minimum absolute atomic E-state index is 0.233. The average Bonchev–Trinajstić information content (AvgIpc) is 2.29. The van der Waals surface area contributed by atoms with E-state index < -0.39 is 6.04 Å². The quantitative estimate of drug-likeness (QED) is 0.877. The smallest absolute Gasteiger partial charge is 0.241 e. The summed E-state index contributed by atoms with van der Waals surface area (Å²) >= 11 is 13.4. The molecule has 17 heavy (non-hydrogen) atoms. The fourth-order valence-corrected chi connectivity index (χ4v) is 2.14. The molecule has 1 atom stereocenters. The number of hydrogen-bond acceptors (Lipinski definition) is 3. The zero-order valence-corrected chi connectivity index (χ0v) is 11.7. The van der Waals surface area contributed by atoms with Gasteiger partial charge in [0, 0.05) is 5.02 Å². The highest BCUT2D eigenvalue weighted by molar-refractivity contribution is 7.98. The molecule has 0 saturated heterocycles. The second-order valence-corrected chi connectivity index (χ2v) is 5.33. The second-order valence-electron chi connectivity index (χ2n) is 3.50. The number of carbonyl (C=O) groups is 1. The van der Waals surface area contributed by atoms with E-state index in [-0.39, 0.29) is 5.91 Å². The molecule has 0 bridgehead atoms. The molecule has 94 valence electrons. The summed E-state index contributed by atoms with van der Waals surface area (Å²) in [6.07, 6.45) is 2.61. The van der Waals surface area contributed by atoms with Crippen LogP contribution in [0.4, 0.5) is 5.69 Å². The number of rotatable bonds is 5. The largest absolute Gasteiger partial charge is 0.323 e. The molecule has 0 fully saturated rings. The van der Waals surface area contributed by atoms with Crippen LogP contribution in [0.2, 0.25) is 10.0 Å². The van der Waals surface area contributed by atoms with Gasteiger partial charge in [0.05, 0.1) is 16.8 Å². The zero-order chi connectivity index (χ0) is 12.8. The van der Waals surface area contributed by atoms with Crippen molar-refractivity contribution in [2.24, 2.45) is 5.73 Å². The molecule has 6 heteroatoms. The Labute approximate surface area is 115 Å². The van der Waals surface area contributed by atoms with E-state index in [1.54, 1.807) is 30.0 Å². The van der Waals surface area contributed by atoms with Crippen molar-refractivity contribution < 1.29 is 4.79 Å². The van der Waals surface area contributed by atoms with Crippen molar-refractivity contribution in [1.29, 1.82) is 0 Å². The van der Waals surface area contributed by atoms with Gasteiger partial charge in [0.15, 0.2) is 0 Å². The van der Waals surface area contributed by atoms with Crippen LogP contribution in [0.1, 0.15) is 6.42 Å². The van der Waals surface area contributed by atoms with Crippen LogP contribution in [0, 0.1) is 0 Å². The van der Waals surface area contributed by atoms with Gasteiger partial charge in [-0.3, -0.25) is 4.79 Å². The Balaban J connectivity index is 2.61. The molecule has 0 aliphatic carbocycles. The molecular formula is C11H14Cl2N2OS. The monoisotopic (exact) mass is 292 g/mol. The number of nitrogens with two attached hydrogens (primary N) is 1. The molecule has 0 unspecified atom stereocenters. The molecule has 1 aromatic rings. The van der Waals surface area contributed by atoms with Crippen molar-refractivity contribution in [3.8, 4) is 0 Å². The predicted octanol–water partition coefficient (Wildman–Crippen LogP) is 3.01. The first-order valence-corrected chi connectivity index (χ1v) is 7.20. The maximum atomic E-state index is 11.7. The molecule has 0 radical (unpaired) electrons. The summed E-state index contributed by atoms with van der Waals surface area (Å²) in [4.78, 5) is 11.7. The van der Waals surface area contributed by atoms with Gasteiger partial charge in [-0.25, -0.2) is 0 Å². The lowest BCUT2D eigenvalue weighted by Gasteiger charge is -2.12. The molecule has 1 amide bonds. The summed E-state index contributed by atoms with van der Waals surface area (Å²) in [5, 5.41) is 3.62. The molecule has 3 nitrogen and oxygen atoms in total. The summed E-state index contributed by atoms with van der Waals surface area (Å²) in [7, 11) is 0. The number of amides is 1. The van der Waals surface area contributed by atoms with E-state index in [1.807, 2.05) is 6.26 Å². The second kappa shape index (κ2) is 7.11. The average molecular weight is 293 g/mol. The SMILES string of the molecule is CSCC[C@@H](N)C(=O)Nc1ccc(Cl)cc1Cl. The highest BCUT2D eigenvalue weighted by Gasteiger charge is 2.14. The van der Waals surface area contributed by atoms with Crippen LogP contribution in [-0.4, -0.2) is 24.0 Å². The first kappa shape index (κ1) is 14.6. The Kier molecular flexibility index (Phi) is 6.12. The van der Waals surface area contributed by atoms with Crippen LogP contribution >= 0.6 is 35.0 Å². The van der Waals surface area contributed by atoms with Crippen LogP contribution in [0.15, 0.2) is 18.2 Å².